The second kappa shape index (κ2) is 25.1. The lowest BCUT2D eigenvalue weighted by molar-refractivity contribution is 0.675. The molecule has 0 aliphatic carbocycles. The summed E-state index contributed by atoms with van der Waals surface area (Å²) in [5, 5.41) is 9.32. The highest BCUT2D eigenvalue weighted by Crippen LogP contribution is 2.47. The van der Waals surface area contributed by atoms with Gasteiger partial charge in [0.05, 0.1) is 17.9 Å². The van der Waals surface area contributed by atoms with Gasteiger partial charge in [0, 0.05) is 75.6 Å². The molecule has 0 N–H and O–H groups in total. The Balaban J connectivity index is 1.98. The Hall–Kier alpha value is -4.43. The summed E-state index contributed by atoms with van der Waals surface area (Å²) in [6, 6.07) is 40.3. The van der Waals surface area contributed by atoms with Crippen molar-refractivity contribution in [3.05, 3.63) is 119 Å². The molecular formula is C53H77N5. The topological polar surface area (TPSA) is 36.8 Å². The van der Waals surface area contributed by atoms with Gasteiger partial charge in [-0.2, -0.15) is 5.26 Å². The first-order valence-corrected chi connectivity index (χ1v) is 23.2. The van der Waals surface area contributed by atoms with Crippen molar-refractivity contribution in [2.24, 2.45) is 0 Å². The van der Waals surface area contributed by atoms with E-state index in [1.54, 1.807) is 0 Å². The predicted octanol–water partition coefficient (Wildman–Crippen LogP) is 13.6. The minimum atomic E-state index is -0.563. The number of nitriles is 1. The smallest absolute Gasteiger partial charge is 0.0701 e. The van der Waals surface area contributed by atoms with Gasteiger partial charge in [0.15, 0.2) is 0 Å². The predicted molar refractivity (Wildman–Crippen MR) is 254 cm³/mol. The van der Waals surface area contributed by atoms with Crippen LogP contribution in [0.3, 0.4) is 0 Å². The average molecular weight is 784 g/mol. The quantitative estimate of drug-likeness (QED) is 0.0536. The SMILES string of the molecule is CCCCN(CCCC)c1ccc(C(c2ccc(N(C)CCC#N)cc2)(c2ccc(N(CCCC)CCCC)cc2)c2ccc(N(CCCC)CCCC)cc2)cc1. The fourth-order valence-electron chi connectivity index (χ4n) is 8.28. The summed E-state index contributed by atoms with van der Waals surface area (Å²) in [4.78, 5) is 9.97. The number of unbranched alkanes of at least 4 members (excludes halogenated alkanes) is 6. The van der Waals surface area contributed by atoms with Crippen molar-refractivity contribution >= 4 is 22.7 Å². The van der Waals surface area contributed by atoms with E-state index in [2.05, 4.69) is 171 Å². The third-order valence-electron chi connectivity index (χ3n) is 12.0. The van der Waals surface area contributed by atoms with Gasteiger partial charge in [0.2, 0.25) is 0 Å². The van der Waals surface area contributed by atoms with E-state index in [4.69, 9.17) is 0 Å². The molecule has 0 unspecified atom stereocenters. The van der Waals surface area contributed by atoms with E-state index in [0.29, 0.717) is 13.0 Å². The second-order valence-corrected chi connectivity index (χ2v) is 16.3. The molecule has 0 amide bonds. The summed E-state index contributed by atoms with van der Waals surface area (Å²) >= 11 is 0. The van der Waals surface area contributed by atoms with Crippen molar-refractivity contribution in [2.45, 2.75) is 130 Å². The number of anilines is 4. The molecule has 0 fully saturated rings. The van der Waals surface area contributed by atoms with Gasteiger partial charge in [-0.05, 0) is 109 Å². The third-order valence-corrected chi connectivity index (χ3v) is 12.0. The molecule has 0 heterocycles. The van der Waals surface area contributed by atoms with Crippen molar-refractivity contribution in [2.75, 3.05) is 72.5 Å². The Kier molecular flexibility index (Phi) is 20.1. The summed E-state index contributed by atoms with van der Waals surface area (Å²) in [5.41, 5.74) is 9.56. The fraction of sp³-hybridized carbons (Fsp3) is 0.528. The van der Waals surface area contributed by atoms with E-state index in [0.717, 1.165) is 45.0 Å². The van der Waals surface area contributed by atoms with Crippen LogP contribution in [0.2, 0.25) is 0 Å². The third kappa shape index (κ3) is 12.3. The maximum Gasteiger partial charge on any atom is 0.0701 e. The van der Waals surface area contributed by atoms with Crippen LogP contribution in [0.25, 0.3) is 0 Å². The lowest BCUT2D eigenvalue weighted by atomic mass is 9.65. The molecule has 0 radical (unpaired) electrons. The first kappa shape index (κ1) is 46.3. The molecular weight excluding hydrogens is 707 g/mol. The van der Waals surface area contributed by atoms with Crippen molar-refractivity contribution in [1.29, 1.82) is 5.26 Å². The van der Waals surface area contributed by atoms with E-state index < -0.39 is 5.41 Å². The Labute approximate surface area is 355 Å². The van der Waals surface area contributed by atoms with Crippen LogP contribution in [0.4, 0.5) is 22.7 Å². The molecule has 0 bridgehead atoms. The maximum atomic E-state index is 9.32. The molecule has 4 aromatic carbocycles. The Bertz CT molecular complexity index is 1540. The number of benzene rings is 4. The van der Waals surface area contributed by atoms with E-state index in [9.17, 15) is 5.26 Å². The van der Waals surface area contributed by atoms with Crippen LogP contribution in [0.1, 0.15) is 147 Å². The second-order valence-electron chi connectivity index (χ2n) is 16.3. The van der Waals surface area contributed by atoms with E-state index >= 15 is 0 Å². The van der Waals surface area contributed by atoms with Gasteiger partial charge < -0.3 is 19.6 Å². The summed E-state index contributed by atoms with van der Waals surface area (Å²) in [6.45, 7) is 21.0. The minimum absolute atomic E-state index is 0.502. The largest absolute Gasteiger partial charge is 0.374 e. The zero-order chi connectivity index (χ0) is 41.6. The fourth-order valence-corrected chi connectivity index (χ4v) is 8.28. The normalized spacial score (nSPS) is 11.3. The van der Waals surface area contributed by atoms with Crippen LogP contribution < -0.4 is 19.6 Å². The highest BCUT2D eigenvalue weighted by molar-refractivity contribution is 5.66. The van der Waals surface area contributed by atoms with Crippen molar-refractivity contribution < 1.29 is 0 Å². The summed E-state index contributed by atoms with van der Waals surface area (Å²) < 4.78 is 0. The van der Waals surface area contributed by atoms with E-state index in [1.165, 1.54) is 116 Å². The monoisotopic (exact) mass is 784 g/mol. The highest BCUT2D eigenvalue weighted by atomic mass is 15.1. The average Bonchev–Trinajstić information content (AvgIpc) is 3.27. The molecule has 5 heteroatoms. The van der Waals surface area contributed by atoms with Crippen molar-refractivity contribution in [1.82, 2.24) is 0 Å². The summed E-state index contributed by atoms with van der Waals surface area (Å²) in [7, 11) is 2.09. The zero-order valence-electron chi connectivity index (χ0n) is 37.6. The molecule has 0 spiro atoms. The van der Waals surface area contributed by atoms with Crippen LogP contribution in [0.15, 0.2) is 97.1 Å². The number of hydrogen-bond donors (Lipinski definition) is 0. The Morgan fingerprint density at radius 2 is 0.621 bits per heavy atom. The molecule has 314 valence electrons. The first-order chi connectivity index (χ1) is 28.4. The maximum absolute atomic E-state index is 9.32. The van der Waals surface area contributed by atoms with Crippen LogP contribution in [-0.4, -0.2) is 52.9 Å². The number of rotatable bonds is 28. The van der Waals surface area contributed by atoms with Crippen molar-refractivity contribution in [3.8, 4) is 6.07 Å². The van der Waals surface area contributed by atoms with Gasteiger partial charge >= 0.3 is 0 Å². The van der Waals surface area contributed by atoms with Crippen LogP contribution in [-0.2, 0) is 5.41 Å². The number of hydrogen-bond acceptors (Lipinski definition) is 5. The van der Waals surface area contributed by atoms with Gasteiger partial charge in [-0.1, -0.05) is 129 Å². The molecule has 0 saturated carbocycles. The van der Waals surface area contributed by atoms with Gasteiger partial charge in [-0.15, -0.1) is 0 Å². The molecule has 0 saturated heterocycles. The Morgan fingerprint density at radius 1 is 0.379 bits per heavy atom. The van der Waals surface area contributed by atoms with Crippen LogP contribution in [0.5, 0.6) is 0 Å². The molecule has 0 aliphatic heterocycles. The minimum Gasteiger partial charge on any atom is -0.374 e. The van der Waals surface area contributed by atoms with Gasteiger partial charge in [0.1, 0.15) is 0 Å². The molecule has 0 atom stereocenters. The van der Waals surface area contributed by atoms with E-state index in [-0.39, 0.29) is 0 Å². The van der Waals surface area contributed by atoms with Gasteiger partial charge in [-0.3, -0.25) is 0 Å². The molecule has 4 rings (SSSR count). The summed E-state index contributed by atoms with van der Waals surface area (Å²) in [6.07, 6.45) is 14.9. The zero-order valence-corrected chi connectivity index (χ0v) is 37.6. The lowest BCUT2D eigenvalue weighted by Gasteiger charge is -2.38. The van der Waals surface area contributed by atoms with Gasteiger partial charge in [-0.25, -0.2) is 0 Å². The molecule has 0 aromatic heterocycles. The van der Waals surface area contributed by atoms with Crippen molar-refractivity contribution in [3.63, 3.8) is 0 Å². The van der Waals surface area contributed by atoms with Crippen LogP contribution in [0, 0.1) is 11.3 Å². The van der Waals surface area contributed by atoms with E-state index in [1.807, 2.05) is 0 Å². The lowest BCUT2D eigenvalue weighted by Crippen LogP contribution is -2.32. The van der Waals surface area contributed by atoms with Crippen LogP contribution >= 0.6 is 0 Å². The molecule has 4 aromatic rings. The van der Waals surface area contributed by atoms with Gasteiger partial charge in [0.25, 0.3) is 0 Å². The molecule has 5 nitrogen and oxygen atoms in total. The highest BCUT2D eigenvalue weighted by Gasteiger charge is 2.39. The summed E-state index contributed by atoms with van der Waals surface area (Å²) in [5.74, 6) is 0. The first-order valence-electron chi connectivity index (χ1n) is 23.2. The number of nitrogens with zero attached hydrogens (tertiary/aromatic N) is 5. The Morgan fingerprint density at radius 3 is 0.845 bits per heavy atom. The molecule has 58 heavy (non-hydrogen) atoms. The molecule has 0 aliphatic rings. The standard InChI is InChI=1S/C53H77N5/c1-8-14-39-56(40-15-9-2)50-31-23-46(24-32-50)53(45-21-29-49(30-22-45)55(7)38-20-37-54,47-25-33-51(34-26-47)57(41-16-10-3)42-17-11-4)48-27-35-52(36-28-48)58(43-18-12-5)44-19-13-6/h21-36H,8-20,38-44H2,1-7H3.